The number of methoxy groups -OCH3 is 2. The summed E-state index contributed by atoms with van der Waals surface area (Å²) in [5.41, 5.74) is 2.30. The van der Waals surface area contributed by atoms with Crippen molar-refractivity contribution in [3.05, 3.63) is 59.7 Å². The first-order chi connectivity index (χ1) is 13.0. The van der Waals surface area contributed by atoms with Crippen molar-refractivity contribution in [3.8, 4) is 11.5 Å². The third kappa shape index (κ3) is 3.51. The lowest BCUT2D eigenvalue weighted by molar-refractivity contribution is 0.414. The molecule has 0 radical (unpaired) electrons. The highest BCUT2D eigenvalue weighted by Crippen LogP contribution is 2.32. The van der Waals surface area contributed by atoms with E-state index in [0.29, 0.717) is 33.8 Å². The fraction of sp³-hybridized carbons (Fsp3) is 0.300. The highest BCUT2D eigenvalue weighted by molar-refractivity contribution is 5.90. The summed E-state index contributed by atoms with van der Waals surface area (Å²) in [5, 5.41) is 0. The van der Waals surface area contributed by atoms with Gasteiger partial charge in [-0.3, -0.25) is 0 Å². The molecule has 0 spiro atoms. The number of rotatable bonds is 6. The van der Waals surface area contributed by atoms with Gasteiger partial charge in [-0.1, -0.05) is 38.0 Å². The summed E-state index contributed by atoms with van der Waals surface area (Å²) in [5.74, 6) is 1.28. The van der Waals surface area contributed by atoms with Crippen LogP contribution in [0.1, 0.15) is 45.9 Å². The van der Waals surface area contributed by atoms with E-state index in [9.17, 15) is 0 Å². The SMILES string of the molecule is [2H]C([2H])([2H])C/C(=C(/CC([2H])([2H])[2H])c1ccc(OC)cc1)c1ccc(OC)cc1. The van der Waals surface area contributed by atoms with E-state index in [-0.39, 0.29) is 12.8 Å². The zero-order chi connectivity index (χ0) is 20.9. The number of benzene rings is 2. The van der Waals surface area contributed by atoms with Gasteiger partial charge in [0.1, 0.15) is 11.5 Å². The van der Waals surface area contributed by atoms with Gasteiger partial charge >= 0.3 is 0 Å². The maximum absolute atomic E-state index is 7.75. The van der Waals surface area contributed by atoms with Gasteiger partial charge in [-0.2, -0.15) is 0 Å². The second-order valence-electron chi connectivity index (χ2n) is 4.77. The maximum Gasteiger partial charge on any atom is 0.118 e. The lowest BCUT2D eigenvalue weighted by Gasteiger charge is -2.15. The van der Waals surface area contributed by atoms with Crippen molar-refractivity contribution in [3.63, 3.8) is 0 Å². The Kier molecular flexibility index (Phi) is 3.40. The summed E-state index contributed by atoms with van der Waals surface area (Å²) < 4.78 is 56.9. The van der Waals surface area contributed by atoms with Gasteiger partial charge in [-0.25, -0.2) is 0 Å². The number of hydrogen-bond acceptors (Lipinski definition) is 2. The molecule has 116 valence electrons. The molecule has 0 heterocycles. The summed E-state index contributed by atoms with van der Waals surface area (Å²) in [7, 11) is 3.09. The first-order valence-corrected chi connectivity index (χ1v) is 7.03. The predicted molar refractivity (Wildman–Crippen MR) is 93.4 cm³/mol. The lowest BCUT2D eigenvalue weighted by Crippen LogP contribution is -1.93. The molecular weight excluding hydrogens is 272 g/mol. The molecule has 2 rings (SSSR count). The second kappa shape index (κ2) is 7.69. The van der Waals surface area contributed by atoms with Crippen LogP contribution in [0.15, 0.2) is 48.5 Å². The minimum absolute atomic E-state index is 0.239. The van der Waals surface area contributed by atoms with Crippen molar-refractivity contribution in [2.45, 2.75) is 26.5 Å². The Hall–Kier alpha value is -2.22. The van der Waals surface area contributed by atoms with Crippen molar-refractivity contribution < 1.29 is 17.7 Å². The first kappa shape index (κ1) is 9.73. The molecule has 2 aromatic rings. The Morgan fingerprint density at radius 3 is 1.36 bits per heavy atom. The number of allylic oxidation sites excluding steroid dienone is 2. The predicted octanol–water partition coefficient (Wildman–Crippen LogP) is 5.43. The van der Waals surface area contributed by atoms with Crippen LogP contribution in [0.4, 0.5) is 0 Å². The first-order valence-electron chi connectivity index (χ1n) is 10.0. The van der Waals surface area contributed by atoms with E-state index in [4.69, 9.17) is 17.7 Å². The Morgan fingerprint density at radius 1 is 0.727 bits per heavy atom. The normalized spacial score (nSPS) is 17.0. The molecule has 0 unspecified atom stereocenters. The van der Waals surface area contributed by atoms with Gasteiger partial charge in [0.05, 0.1) is 14.2 Å². The monoisotopic (exact) mass is 302 g/mol. The molecular formula is C20H24O2. The summed E-state index contributed by atoms with van der Waals surface area (Å²) in [6.07, 6.45) is -0.479. The van der Waals surface area contributed by atoms with E-state index in [2.05, 4.69) is 0 Å². The van der Waals surface area contributed by atoms with E-state index in [1.807, 2.05) is 0 Å². The van der Waals surface area contributed by atoms with Gasteiger partial charge in [0, 0.05) is 8.22 Å². The van der Waals surface area contributed by atoms with Crippen LogP contribution in [0, 0.1) is 0 Å². The highest BCUT2D eigenvalue weighted by Gasteiger charge is 2.09. The molecule has 0 fully saturated rings. The Bertz CT molecular complexity index is 733. The second-order valence-corrected chi connectivity index (χ2v) is 4.77. The van der Waals surface area contributed by atoms with Crippen LogP contribution in [-0.2, 0) is 0 Å². The van der Waals surface area contributed by atoms with Crippen LogP contribution in [0.2, 0.25) is 0 Å². The molecule has 0 saturated heterocycles. The average molecular weight is 302 g/mol. The minimum Gasteiger partial charge on any atom is -0.497 e. The number of hydrogen-bond donors (Lipinski definition) is 0. The molecule has 0 aromatic heterocycles. The molecule has 0 N–H and O–H groups in total. The van der Waals surface area contributed by atoms with Crippen molar-refractivity contribution in [2.75, 3.05) is 14.2 Å². The van der Waals surface area contributed by atoms with Gasteiger partial charge in [0.25, 0.3) is 0 Å². The van der Waals surface area contributed by atoms with Crippen LogP contribution in [-0.4, -0.2) is 14.2 Å². The van der Waals surface area contributed by atoms with Crippen molar-refractivity contribution in [1.82, 2.24) is 0 Å². The summed E-state index contributed by atoms with van der Waals surface area (Å²) in [6, 6.07) is 13.9. The van der Waals surface area contributed by atoms with Crippen LogP contribution in [0.25, 0.3) is 11.1 Å². The molecule has 0 aliphatic rings. The fourth-order valence-corrected chi connectivity index (χ4v) is 2.35. The van der Waals surface area contributed by atoms with Gasteiger partial charge in [0.15, 0.2) is 0 Å². The van der Waals surface area contributed by atoms with Gasteiger partial charge < -0.3 is 9.47 Å². The molecule has 0 aliphatic carbocycles. The van der Waals surface area contributed by atoms with Crippen LogP contribution >= 0.6 is 0 Å². The molecule has 0 atom stereocenters. The van der Waals surface area contributed by atoms with Crippen LogP contribution in [0.5, 0.6) is 11.5 Å². The maximum atomic E-state index is 7.75. The highest BCUT2D eigenvalue weighted by atomic mass is 16.5. The topological polar surface area (TPSA) is 18.5 Å². The standard InChI is InChI=1S/C20H24O2/c1-5-19(15-7-11-17(21-3)12-8-15)20(6-2)16-9-13-18(22-4)14-10-16/h7-14H,5-6H2,1-4H3/b20-19+/i1D3,2D3. The quantitative estimate of drug-likeness (QED) is 0.662. The molecule has 2 nitrogen and oxygen atoms in total. The number of ether oxygens (including phenoxy) is 2. The van der Waals surface area contributed by atoms with Crippen molar-refractivity contribution in [2.24, 2.45) is 0 Å². The Labute approximate surface area is 141 Å². The Morgan fingerprint density at radius 2 is 1.09 bits per heavy atom. The van der Waals surface area contributed by atoms with Gasteiger partial charge in [-0.05, 0) is 59.4 Å². The molecule has 0 saturated carbocycles. The van der Waals surface area contributed by atoms with Crippen LogP contribution < -0.4 is 9.47 Å². The minimum atomic E-state index is -2.25. The lowest BCUT2D eigenvalue weighted by atomic mass is 9.91. The summed E-state index contributed by atoms with van der Waals surface area (Å²) >= 11 is 0. The molecule has 2 heteroatoms. The van der Waals surface area contributed by atoms with E-state index in [1.165, 1.54) is 0 Å². The molecule has 0 aliphatic heterocycles. The van der Waals surface area contributed by atoms with Gasteiger partial charge in [0.2, 0.25) is 0 Å². The third-order valence-electron chi connectivity index (χ3n) is 3.59. The zero-order valence-corrected chi connectivity index (χ0v) is 12.8. The van der Waals surface area contributed by atoms with E-state index < -0.39 is 13.7 Å². The van der Waals surface area contributed by atoms with Crippen molar-refractivity contribution >= 4 is 11.1 Å². The third-order valence-corrected chi connectivity index (χ3v) is 3.59. The smallest absolute Gasteiger partial charge is 0.118 e. The molecule has 2 aromatic carbocycles. The largest absolute Gasteiger partial charge is 0.497 e. The van der Waals surface area contributed by atoms with E-state index in [1.54, 1.807) is 62.8 Å². The Balaban J connectivity index is 2.69. The zero-order valence-electron chi connectivity index (χ0n) is 18.8. The average Bonchev–Trinajstić information content (AvgIpc) is 2.63. The van der Waals surface area contributed by atoms with E-state index in [0.717, 1.165) is 0 Å². The molecule has 22 heavy (non-hydrogen) atoms. The van der Waals surface area contributed by atoms with Gasteiger partial charge in [-0.15, -0.1) is 0 Å². The molecule has 0 bridgehead atoms. The molecule has 0 amide bonds. The van der Waals surface area contributed by atoms with Crippen molar-refractivity contribution in [1.29, 1.82) is 0 Å². The fourth-order valence-electron chi connectivity index (χ4n) is 2.35. The summed E-state index contributed by atoms with van der Waals surface area (Å²) in [6.45, 7) is -4.50. The summed E-state index contributed by atoms with van der Waals surface area (Å²) in [4.78, 5) is 0. The van der Waals surface area contributed by atoms with Crippen LogP contribution in [0.3, 0.4) is 0 Å². The van der Waals surface area contributed by atoms with E-state index >= 15 is 0 Å².